The monoisotopic (exact) mass is 459 g/mol. The van der Waals surface area contributed by atoms with Gasteiger partial charge < -0.3 is 10.6 Å². The van der Waals surface area contributed by atoms with Crippen LogP contribution >= 0.6 is 35.1 Å². The molecule has 30 heavy (non-hydrogen) atoms. The Labute approximate surface area is 189 Å². The fourth-order valence-corrected chi connectivity index (χ4v) is 4.59. The van der Waals surface area contributed by atoms with Crippen molar-refractivity contribution in [3.63, 3.8) is 0 Å². The third-order valence-corrected chi connectivity index (χ3v) is 6.42. The van der Waals surface area contributed by atoms with Gasteiger partial charge in [0.1, 0.15) is 5.82 Å². The Bertz CT molecular complexity index is 1220. The van der Waals surface area contributed by atoms with Crippen LogP contribution in [-0.4, -0.2) is 11.0 Å². The minimum Gasteiger partial charge on any atom is -0.353 e. The first-order chi connectivity index (χ1) is 14.4. The van der Waals surface area contributed by atoms with Gasteiger partial charge >= 0.3 is 0 Å². The van der Waals surface area contributed by atoms with E-state index in [2.05, 4.69) is 26.9 Å². The number of anilines is 2. The van der Waals surface area contributed by atoms with Crippen molar-refractivity contribution in [3.8, 4) is 0 Å². The van der Waals surface area contributed by atoms with Crippen LogP contribution in [0.2, 0.25) is 10.0 Å². The molecule has 0 unspecified atom stereocenters. The zero-order valence-corrected chi connectivity index (χ0v) is 18.8. The zero-order chi connectivity index (χ0) is 21.3. The molecule has 0 amide bonds. The van der Waals surface area contributed by atoms with Crippen molar-refractivity contribution in [2.75, 3.05) is 12.4 Å². The quantitative estimate of drug-likeness (QED) is 0.314. The number of nitrogens with one attached hydrogen (secondary N) is 2. The Kier molecular flexibility index (Phi) is 6.25. The molecule has 0 aliphatic heterocycles. The fraction of sp³-hybridized carbons (Fsp3) is 0.130. The van der Waals surface area contributed by atoms with Gasteiger partial charge in [0.2, 0.25) is 0 Å². The maximum atomic E-state index is 14.3. The van der Waals surface area contributed by atoms with Crippen LogP contribution in [0.15, 0.2) is 65.7 Å². The Morgan fingerprint density at radius 2 is 1.83 bits per heavy atom. The average Bonchev–Trinajstić information content (AvgIpc) is 3.04. The lowest BCUT2D eigenvalue weighted by Crippen LogP contribution is -2.04. The molecule has 3 nitrogen and oxygen atoms in total. The number of aromatic nitrogens is 1. The van der Waals surface area contributed by atoms with Crippen LogP contribution in [0.1, 0.15) is 11.1 Å². The number of halogens is 3. The van der Waals surface area contributed by atoms with E-state index >= 15 is 0 Å². The molecule has 1 heterocycles. The van der Waals surface area contributed by atoms with Gasteiger partial charge in [0.25, 0.3) is 0 Å². The summed E-state index contributed by atoms with van der Waals surface area (Å²) >= 11 is 13.8. The van der Waals surface area contributed by atoms with Gasteiger partial charge in [-0.1, -0.05) is 35.3 Å². The Morgan fingerprint density at radius 1 is 1.00 bits per heavy atom. The second-order valence-electron chi connectivity index (χ2n) is 7.02. The Balaban J connectivity index is 1.73. The van der Waals surface area contributed by atoms with Gasteiger partial charge in [0.05, 0.1) is 21.2 Å². The molecule has 0 saturated heterocycles. The number of hydrogen-bond donors (Lipinski definition) is 2. The molecule has 154 valence electrons. The highest BCUT2D eigenvalue weighted by Gasteiger charge is 2.12. The van der Waals surface area contributed by atoms with Crippen molar-refractivity contribution < 1.29 is 4.39 Å². The Hall–Kier alpha value is -2.18. The van der Waals surface area contributed by atoms with Crippen molar-refractivity contribution in [2.45, 2.75) is 18.4 Å². The van der Waals surface area contributed by atoms with Gasteiger partial charge in [0, 0.05) is 28.7 Å². The van der Waals surface area contributed by atoms with Crippen LogP contribution in [0.5, 0.6) is 0 Å². The lowest BCUT2D eigenvalue weighted by molar-refractivity contribution is 0.631. The summed E-state index contributed by atoms with van der Waals surface area (Å²) < 4.78 is 16.4. The van der Waals surface area contributed by atoms with E-state index in [1.807, 2.05) is 44.3 Å². The summed E-state index contributed by atoms with van der Waals surface area (Å²) in [6, 6.07) is 16.8. The molecule has 0 aliphatic rings. The third-order valence-electron chi connectivity index (χ3n) is 4.72. The van der Waals surface area contributed by atoms with Crippen LogP contribution in [0, 0.1) is 12.7 Å². The van der Waals surface area contributed by atoms with E-state index in [0.717, 1.165) is 33.6 Å². The first-order valence-corrected chi connectivity index (χ1v) is 10.9. The maximum absolute atomic E-state index is 14.3. The summed E-state index contributed by atoms with van der Waals surface area (Å²) in [6.45, 7) is 2.61. The molecular formula is C23H20Cl2FN3S. The van der Waals surface area contributed by atoms with Crippen molar-refractivity contribution in [2.24, 2.45) is 0 Å². The summed E-state index contributed by atoms with van der Waals surface area (Å²) in [7, 11) is 1.92. The summed E-state index contributed by atoms with van der Waals surface area (Å²) in [5.74, 6) is -0.272. The van der Waals surface area contributed by atoms with E-state index in [4.69, 9.17) is 23.2 Å². The molecule has 0 spiro atoms. The Morgan fingerprint density at radius 3 is 2.57 bits per heavy atom. The summed E-state index contributed by atoms with van der Waals surface area (Å²) in [4.78, 5) is 0.972. The van der Waals surface area contributed by atoms with E-state index in [9.17, 15) is 4.39 Å². The molecule has 4 aromatic rings. The van der Waals surface area contributed by atoms with E-state index < -0.39 is 0 Å². The molecule has 0 radical (unpaired) electrons. The number of fused-ring (bicyclic) bond motifs is 1. The smallest absolute Gasteiger partial charge is 0.146 e. The molecule has 0 aliphatic carbocycles. The van der Waals surface area contributed by atoms with Crippen LogP contribution in [0.25, 0.3) is 10.9 Å². The standard InChI is InChI=1S/C23H20Cl2FN3S/c1-14-3-8-22(21(26)9-14)28-16-4-6-18-15(12-27-2)13-29(23(18)10-16)30-17-5-7-19(24)20(25)11-17/h3-11,13,27-28H,12H2,1-2H3. The number of hydrogen-bond acceptors (Lipinski definition) is 3. The molecule has 0 fully saturated rings. The summed E-state index contributed by atoms with van der Waals surface area (Å²) in [6.07, 6.45) is 2.10. The number of rotatable bonds is 6. The molecule has 2 N–H and O–H groups in total. The summed E-state index contributed by atoms with van der Waals surface area (Å²) in [5, 5.41) is 8.58. The van der Waals surface area contributed by atoms with Gasteiger partial charge in [-0.05, 0) is 79.5 Å². The van der Waals surface area contributed by atoms with Gasteiger partial charge in [0.15, 0.2) is 0 Å². The van der Waals surface area contributed by atoms with Gasteiger partial charge in [-0.3, -0.25) is 3.97 Å². The van der Waals surface area contributed by atoms with Gasteiger partial charge in [-0.2, -0.15) is 0 Å². The van der Waals surface area contributed by atoms with Crippen molar-refractivity contribution in [1.82, 2.24) is 9.29 Å². The lowest BCUT2D eigenvalue weighted by Gasteiger charge is -2.10. The van der Waals surface area contributed by atoms with E-state index in [-0.39, 0.29) is 5.82 Å². The molecule has 0 bridgehead atoms. The van der Waals surface area contributed by atoms with Gasteiger partial charge in [-0.25, -0.2) is 4.39 Å². The minimum absolute atomic E-state index is 0.272. The molecule has 3 aromatic carbocycles. The SMILES string of the molecule is CNCc1cn(Sc2ccc(Cl)c(Cl)c2)c2cc(Nc3ccc(C)cc3F)ccc12. The molecule has 0 saturated carbocycles. The first kappa shape index (κ1) is 21.1. The number of aryl methyl sites for hydroxylation is 1. The second kappa shape index (κ2) is 8.90. The number of nitrogens with zero attached hydrogens (tertiary/aromatic N) is 1. The van der Waals surface area contributed by atoms with Crippen molar-refractivity contribution in [1.29, 1.82) is 0 Å². The maximum Gasteiger partial charge on any atom is 0.146 e. The predicted molar refractivity (Wildman–Crippen MR) is 127 cm³/mol. The van der Waals surface area contributed by atoms with Gasteiger partial charge in [-0.15, -0.1) is 0 Å². The second-order valence-corrected chi connectivity index (χ2v) is 8.88. The molecule has 1 aromatic heterocycles. The zero-order valence-electron chi connectivity index (χ0n) is 16.5. The topological polar surface area (TPSA) is 29.0 Å². The number of benzene rings is 3. The van der Waals surface area contributed by atoms with Crippen LogP contribution in [0.4, 0.5) is 15.8 Å². The third kappa shape index (κ3) is 4.44. The molecule has 7 heteroatoms. The minimum atomic E-state index is -0.272. The normalized spacial score (nSPS) is 11.2. The average molecular weight is 460 g/mol. The fourth-order valence-electron chi connectivity index (χ4n) is 3.27. The first-order valence-electron chi connectivity index (χ1n) is 9.40. The highest BCUT2D eigenvalue weighted by molar-refractivity contribution is 7.98. The van der Waals surface area contributed by atoms with Crippen LogP contribution < -0.4 is 10.6 Å². The van der Waals surface area contributed by atoms with Crippen molar-refractivity contribution >= 4 is 57.4 Å². The van der Waals surface area contributed by atoms with Crippen LogP contribution in [-0.2, 0) is 6.54 Å². The highest BCUT2D eigenvalue weighted by Crippen LogP contribution is 2.34. The largest absolute Gasteiger partial charge is 0.353 e. The summed E-state index contributed by atoms with van der Waals surface area (Å²) in [5.41, 5.74) is 4.35. The van der Waals surface area contributed by atoms with Crippen LogP contribution in [0.3, 0.4) is 0 Å². The lowest BCUT2D eigenvalue weighted by atomic mass is 10.1. The molecular weight excluding hydrogens is 440 g/mol. The highest BCUT2D eigenvalue weighted by atomic mass is 35.5. The molecule has 4 rings (SSSR count). The van der Waals surface area contributed by atoms with E-state index in [0.29, 0.717) is 15.7 Å². The van der Waals surface area contributed by atoms with E-state index in [1.54, 1.807) is 24.1 Å². The van der Waals surface area contributed by atoms with E-state index in [1.165, 1.54) is 11.6 Å². The van der Waals surface area contributed by atoms with Crippen molar-refractivity contribution in [3.05, 3.63) is 87.8 Å². The predicted octanol–water partition coefficient (Wildman–Crippen LogP) is 7.41. The molecule has 0 atom stereocenters.